The molecule has 1 rings (SSSR count). The van der Waals surface area contributed by atoms with E-state index in [-0.39, 0.29) is 36.8 Å². The van der Waals surface area contributed by atoms with Crippen molar-refractivity contribution in [1.82, 2.24) is 9.62 Å². The molecular formula is C17H25FN2O5S. The maximum atomic E-state index is 12.9. The van der Waals surface area contributed by atoms with Gasteiger partial charge in [0.2, 0.25) is 10.0 Å². The Hall–Kier alpha value is -2.00. The Bertz CT molecular complexity index is 692. The van der Waals surface area contributed by atoms with Crippen molar-refractivity contribution in [2.45, 2.75) is 37.5 Å². The number of nitrogens with one attached hydrogen (secondary N) is 1. The molecule has 0 unspecified atom stereocenters. The predicted octanol–water partition coefficient (Wildman–Crippen LogP) is 1.69. The molecule has 26 heavy (non-hydrogen) atoms. The zero-order valence-corrected chi connectivity index (χ0v) is 15.9. The van der Waals surface area contributed by atoms with Crippen LogP contribution in [0.1, 0.15) is 32.6 Å². The molecule has 0 heterocycles. The quantitative estimate of drug-likeness (QED) is 0.460. The highest BCUT2D eigenvalue weighted by molar-refractivity contribution is 7.89. The molecule has 0 aliphatic rings. The molecule has 0 atom stereocenters. The van der Waals surface area contributed by atoms with Gasteiger partial charge < -0.3 is 10.1 Å². The summed E-state index contributed by atoms with van der Waals surface area (Å²) in [5.74, 6) is -1.45. The van der Waals surface area contributed by atoms with Gasteiger partial charge in [0.1, 0.15) is 5.82 Å². The smallest absolute Gasteiger partial charge is 0.306 e. The topological polar surface area (TPSA) is 92.8 Å². The molecule has 0 fully saturated rings. The maximum Gasteiger partial charge on any atom is 0.306 e. The van der Waals surface area contributed by atoms with E-state index in [4.69, 9.17) is 4.74 Å². The van der Waals surface area contributed by atoms with Gasteiger partial charge in [-0.15, -0.1) is 0 Å². The fraction of sp³-hybridized carbons (Fsp3) is 0.529. The highest BCUT2D eigenvalue weighted by Crippen LogP contribution is 2.15. The van der Waals surface area contributed by atoms with Gasteiger partial charge in [-0.1, -0.05) is 13.3 Å². The molecule has 0 saturated carbocycles. The third kappa shape index (κ3) is 7.49. The first-order chi connectivity index (χ1) is 12.3. The first-order valence-electron chi connectivity index (χ1n) is 8.41. The Kier molecular flexibility index (Phi) is 9.22. The first kappa shape index (κ1) is 22.0. The molecule has 9 heteroatoms. The van der Waals surface area contributed by atoms with Crippen molar-refractivity contribution in [1.29, 1.82) is 0 Å². The number of hydrogen-bond acceptors (Lipinski definition) is 5. The Balaban J connectivity index is 2.34. The van der Waals surface area contributed by atoms with Crippen LogP contribution in [-0.2, 0) is 24.3 Å². The number of carbonyl (C=O) groups is 2. The molecule has 0 bridgehead atoms. The van der Waals surface area contributed by atoms with Crippen LogP contribution in [0.25, 0.3) is 0 Å². The van der Waals surface area contributed by atoms with Crippen LogP contribution < -0.4 is 5.32 Å². The van der Waals surface area contributed by atoms with Crippen LogP contribution in [0.15, 0.2) is 29.2 Å². The molecule has 1 aromatic rings. The Labute approximate surface area is 153 Å². The second kappa shape index (κ2) is 10.9. The minimum absolute atomic E-state index is 0.00841. The lowest BCUT2D eigenvalue weighted by Gasteiger charge is -2.16. The average Bonchev–Trinajstić information content (AvgIpc) is 2.60. The number of halogens is 1. The number of rotatable bonds is 11. The summed E-state index contributed by atoms with van der Waals surface area (Å²) in [6.45, 7) is 2.29. The normalized spacial score (nSPS) is 11.4. The summed E-state index contributed by atoms with van der Waals surface area (Å²) < 4.78 is 43.4. The van der Waals surface area contributed by atoms with Crippen molar-refractivity contribution in [2.24, 2.45) is 0 Å². The third-order valence-electron chi connectivity index (χ3n) is 3.59. The highest BCUT2D eigenvalue weighted by Gasteiger charge is 2.20. The zero-order valence-electron chi connectivity index (χ0n) is 15.0. The lowest BCUT2D eigenvalue weighted by atomic mass is 10.3. The highest BCUT2D eigenvalue weighted by atomic mass is 32.2. The van der Waals surface area contributed by atoms with Crippen molar-refractivity contribution in [3.8, 4) is 0 Å². The SMILES string of the molecule is CCCCNC(=O)COC(=O)CCCN(C)S(=O)(=O)c1ccc(F)cc1. The van der Waals surface area contributed by atoms with Gasteiger partial charge in [-0.05, 0) is 37.1 Å². The molecule has 0 saturated heterocycles. The van der Waals surface area contributed by atoms with Gasteiger partial charge in [0.05, 0.1) is 4.90 Å². The largest absolute Gasteiger partial charge is 0.456 e. The van der Waals surface area contributed by atoms with E-state index in [0.717, 1.165) is 29.3 Å². The summed E-state index contributed by atoms with van der Waals surface area (Å²) in [6.07, 6.45) is 2.04. The summed E-state index contributed by atoms with van der Waals surface area (Å²) in [4.78, 5) is 23.0. The molecule has 0 radical (unpaired) electrons. The van der Waals surface area contributed by atoms with E-state index < -0.39 is 21.8 Å². The Morgan fingerprint density at radius 2 is 1.85 bits per heavy atom. The van der Waals surface area contributed by atoms with Gasteiger partial charge in [0.15, 0.2) is 6.61 Å². The Morgan fingerprint density at radius 3 is 2.46 bits per heavy atom. The molecular weight excluding hydrogens is 363 g/mol. The van der Waals surface area contributed by atoms with Crippen LogP contribution in [0, 0.1) is 5.82 Å². The van der Waals surface area contributed by atoms with Crippen LogP contribution >= 0.6 is 0 Å². The summed E-state index contributed by atoms with van der Waals surface area (Å²) in [5.41, 5.74) is 0. The number of carbonyl (C=O) groups excluding carboxylic acids is 2. The fourth-order valence-electron chi connectivity index (χ4n) is 2.03. The van der Waals surface area contributed by atoms with E-state index in [1.165, 1.54) is 19.2 Å². The second-order valence-electron chi connectivity index (χ2n) is 5.75. The third-order valence-corrected chi connectivity index (χ3v) is 5.46. The summed E-state index contributed by atoms with van der Waals surface area (Å²) >= 11 is 0. The number of unbranched alkanes of at least 4 members (excludes halogenated alkanes) is 1. The average molecular weight is 388 g/mol. The lowest BCUT2D eigenvalue weighted by molar-refractivity contribution is -0.148. The molecule has 0 aliphatic carbocycles. The molecule has 1 amide bonds. The molecule has 7 nitrogen and oxygen atoms in total. The standard InChI is InChI=1S/C17H25FN2O5S/c1-3-4-11-19-16(21)13-25-17(22)6-5-12-20(2)26(23,24)15-9-7-14(18)8-10-15/h7-10H,3-6,11-13H2,1-2H3,(H,19,21). The number of esters is 1. The zero-order chi connectivity index (χ0) is 19.6. The number of amides is 1. The van der Waals surface area contributed by atoms with E-state index >= 15 is 0 Å². The molecule has 146 valence electrons. The van der Waals surface area contributed by atoms with E-state index in [1.54, 1.807) is 0 Å². The molecule has 0 aliphatic heterocycles. The summed E-state index contributed by atoms with van der Waals surface area (Å²) in [5, 5.41) is 2.62. The summed E-state index contributed by atoms with van der Waals surface area (Å²) in [7, 11) is -2.36. The van der Waals surface area contributed by atoms with Gasteiger partial charge in [-0.25, -0.2) is 17.1 Å². The van der Waals surface area contributed by atoms with Gasteiger partial charge in [-0.2, -0.15) is 0 Å². The van der Waals surface area contributed by atoms with Crippen molar-refractivity contribution < 1.29 is 27.1 Å². The van der Waals surface area contributed by atoms with Crippen LogP contribution in [0.4, 0.5) is 4.39 Å². The number of hydrogen-bond donors (Lipinski definition) is 1. The van der Waals surface area contributed by atoms with E-state index in [2.05, 4.69) is 5.32 Å². The van der Waals surface area contributed by atoms with E-state index in [9.17, 15) is 22.4 Å². The number of ether oxygens (including phenoxy) is 1. The maximum absolute atomic E-state index is 12.9. The molecule has 0 spiro atoms. The number of benzene rings is 1. The van der Waals surface area contributed by atoms with Crippen molar-refractivity contribution >= 4 is 21.9 Å². The lowest BCUT2D eigenvalue weighted by Crippen LogP contribution is -2.30. The fourth-order valence-corrected chi connectivity index (χ4v) is 3.24. The number of sulfonamides is 1. The Morgan fingerprint density at radius 1 is 1.19 bits per heavy atom. The van der Waals surface area contributed by atoms with E-state index in [0.29, 0.717) is 6.54 Å². The second-order valence-corrected chi connectivity index (χ2v) is 7.79. The van der Waals surface area contributed by atoms with Crippen molar-refractivity contribution in [2.75, 3.05) is 26.7 Å². The van der Waals surface area contributed by atoms with Crippen LogP contribution in [0.3, 0.4) is 0 Å². The minimum Gasteiger partial charge on any atom is -0.456 e. The monoisotopic (exact) mass is 388 g/mol. The van der Waals surface area contributed by atoms with Crippen LogP contribution in [0.5, 0.6) is 0 Å². The van der Waals surface area contributed by atoms with Crippen molar-refractivity contribution in [3.05, 3.63) is 30.1 Å². The van der Waals surface area contributed by atoms with E-state index in [1.807, 2.05) is 6.92 Å². The molecule has 0 aromatic heterocycles. The molecule has 1 aromatic carbocycles. The first-order valence-corrected chi connectivity index (χ1v) is 9.85. The van der Waals surface area contributed by atoms with Gasteiger partial charge >= 0.3 is 5.97 Å². The van der Waals surface area contributed by atoms with Gasteiger partial charge in [-0.3, -0.25) is 9.59 Å². The van der Waals surface area contributed by atoms with Crippen LogP contribution in [-0.4, -0.2) is 51.3 Å². The predicted molar refractivity (Wildman–Crippen MR) is 94.3 cm³/mol. The van der Waals surface area contributed by atoms with Gasteiger partial charge in [0, 0.05) is 26.6 Å². The molecule has 1 N–H and O–H groups in total. The van der Waals surface area contributed by atoms with Crippen molar-refractivity contribution in [3.63, 3.8) is 0 Å². The minimum atomic E-state index is -3.74. The van der Waals surface area contributed by atoms with Gasteiger partial charge in [0.25, 0.3) is 5.91 Å². The summed E-state index contributed by atoms with van der Waals surface area (Å²) in [6, 6.07) is 4.52. The number of nitrogens with zero attached hydrogens (tertiary/aromatic N) is 1. The van der Waals surface area contributed by atoms with Crippen LogP contribution in [0.2, 0.25) is 0 Å².